The number of rotatable bonds is 4. The van der Waals surface area contributed by atoms with E-state index in [0.717, 1.165) is 21.8 Å². The van der Waals surface area contributed by atoms with Crippen LogP contribution in [0.1, 0.15) is 23.5 Å². The number of hydrogen-bond donors (Lipinski definition) is 2. The number of aryl methyl sites for hydroxylation is 1. The van der Waals surface area contributed by atoms with Gasteiger partial charge in [-0.25, -0.2) is 9.97 Å². The number of benzene rings is 1. The van der Waals surface area contributed by atoms with Gasteiger partial charge in [-0.2, -0.15) is 4.98 Å². The van der Waals surface area contributed by atoms with Gasteiger partial charge in [0.15, 0.2) is 0 Å². The molecule has 3 rings (SSSR count). The van der Waals surface area contributed by atoms with E-state index in [1.54, 1.807) is 17.4 Å². The zero-order valence-electron chi connectivity index (χ0n) is 12.7. The highest BCUT2D eigenvalue weighted by molar-refractivity contribution is 7.09. The molecule has 0 radical (unpaired) electrons. The van der Waals surface area contributed by atoms with Crippen LogP contribution >= 0.6 is 22.9 Å². The van der Waals surface area contributed by atoms with Crippen LogP contribution in [0.3, 0.4) is 0 Å². The van der Waals surface area contributed by atoms with E-state index in [4.69, 9.17) is 17.3 Å². The van der Waals surface area contributed by atoms with Crippen LogP contribution < -0.4 is 11.1 Å². The number of aromatic nitrogens is 3. The molecule has 2 aromatic heterocycles. The molecule has 0 spiro atoms. The zero-order valence-corrected chi connectivity index (χ0v) is 14.3. The summed E-state index contributed by atoms with van der Waals surface area (Å²) in [6, 6.07) is 10.0. The van der Waals surface area contributed by atoms with Crippen LogP contribution in [-0.2, 0) is 0 Å². The highest BCUT2D eigenvalue weighted by Gasteiger charge is 2.09. The SMILES string of the molecule is Cc1nc(-c2ccc(C(C)Nc3cc(Cl)nc(N)n3)cc2)cs1. The Morgan fingerprint density at radius 1 is 1.17 bits per heavy atom. The average molecular weight is 346 g/mol. The molecule has 0 aliphatic rings. The van der Waals surface area contributed by atoms with Gasteiger partial charge in [-0.3, -0.25) is 0 Å². The highest BCUT2D eigenvalue weighted by atomic mass is 35.5. The fourth-order valence-corrected chi connectivity index (χ4v) is 3.06. The van der Waals surface area contributed by atoms with Crippen LogP contribution in [0.2, 0.25) is 5.15 Å². The van der Waals surface area contributed by atoms with E-state index in [2.05, 4.69) is 49.9 Å². The zero-order chi connectivity index (χ0) is 16.4. The summed E-state index contributed by atoms with van der Waals surface area (Å²) in [5.41, 5.74) is 8.86. The Morgan fingerprint density at radius 3 is 2.52 bits per heavy atom. The number of nitrogens with one attached hydrogen (secondary N) is 1. The first-order chi connectivity index (χ1) is 11.0. The average Bonchev–Trinajstić information content (AvgIpc) is 2.93. The molecule has 118 valence electrons. The summed E-state index contributed by atoms with van der Waals surface area (Å²) in [6.45, 7) is 4.06. The van der Waals surface area contributed by atoms with E-state index in [9.17, 15) is 0 Å². The summed E-state index contributed by atoms with van der Waals surface area (Å²) < 4.78 is 0. The Kier molecular flexibility index (Phi) is 4.45. The van der Waals surface area contributed by atoms with Crippen molar-refractivity contribution in [2.45, 2.75) is 19.9 Å². The number of halogens is 1. The molecule has 0 bridgehead atoms. The summed E-state index contributed by atoms with van der Waals surface area (Å²) >= 11 is 7.55. The van der Waals surface area contributed by atoms with Crippen molar-refractivity contribution in [1.29, 1.82) is 0 Å². The predicted octanol–water partition coefficient (Wildman–Crippen LogP) is 4.32. The van der Waals surface area contributed by atoms with Crippen LogP contribution in [0, 0.1) is 6.92 Å². The second kappa shape index (κ2) is 6.52. The third kappa shape index (κ3) is 3.78. The molecule has 3 aromatic rings. The first-order valence-corrected chi connectivity index (χ1v) is 8.36. The molecule has 0 saturated carbocycles. The van der Waals surface area contributed by atoms with Gasteiger partial charge in [-0.1, -0.05) is 35.9 Å². The topological polar surface area (TPSA) is 76.7 Å². The third-order valence-electron chi connectivity index (χ3n) is 3.40. The fraction of sp³-hybridized carbons (Fsp3) is 0.188. The van der Waals surface area contributed by atoms with Crippen molar-refractivity contribution >= 4 is 34.7 Å². The van der Waals surface area contributed by atoms with Crippen LogP contribution in [0.15, 0.2) is 35.7 Å². The molecule has 0 amide bonds. The molecule has 0 aliphatic heterocycles. The van der Waals surface area contributed by atoms with E-state index in [1.165, 1.54) is 0 Å². The number of hydrogen-bond acceptors (Lipinski definition) is 6. The van der Waals surface area contributed by atoms with Gasteiger partial charge in [0.25, 0.3) is 0 Å². The molecule has 0 aliphatic carbocycles. The lowest BCUT2D eigenvalue weighted by atomic mass is 10.0. The molecule has 23 heavy (non-hydrogen) atoms. The van der Waals surface area contributed by atoms with Gasteiger partial charge in [0.1, 0.15) is 11.0 Å². The summed E-state index contributed by atoms with van der Waals surface area (Å²) in [5.74, 6) is 0.760. The molecular formula is C16H16ClN5S. The van der Waals surface area contributed by atoms with Crippen LogP contribution in [0.5, 0.6) is 0 Å². The molecule has 0 saturated heterocycles. The minimum atomic E-state index is 0.0617. The van der Waals surface area contributed by atoms with Gasteiger partial charge in [-0.15, -0.1) is 11.3 Å². The van der Waals surface area contributed by atoms with Crippen LogP contribution in [0.25, 0.3) is 11.3 Å². The third-order valence-corrected chi connectivity index (χ3v) is 4.37. The Balaban J connectivity index is 1.76. The van der Waals surface area contributed by atoms with Gasteiger partial charge >= 0.3 is 0 Å². The lowest BCUT2D eigenvalue weighted by Crippen LogP contribution is -2.09. The minimum absolute atomic E-state index is 0.0617. The molecule has 7 heteroatoms. The number of nitrogens with two attached hydrogens (primary N) is 1. The van der Waals surface area contributed by atoms with Crippen molar-refractivity contribution in [1.82, 2.24) is 15.0 Å². The van der Waals surface area contributed by atoms with E-state index < -0.39 is 0 Å². The van der Waals surface area contributed by atoms with E-state index in [0.29, 0.717) is 11.0 Å². The minimum Gasteiger partial charge on any atom is -0.368 e. The van der Waals surface area contributed by atoms with Crippen LogP contribution in [0.4, 0.5) is 11.8 Å². The van der Waals surface area contributed by atoms with Crippen molar-refractivity contribution in [3.05, 3.63) is 51.4 Å². The summed E-state index contributed by atoms with van der Waals surface area (Å²) in [4.78, 5) is 12.5. The van der Waals surface area contributed by atoms with E-state index in [-0.39, 0.29) is 12.0 Å². The molecule has 1 unspecified atom stereocenters. The normalized spacial score (nSPS) is 12.1. The van der Waals surface area contributed by atoms with Crippen molar-refractivity contribution < 1.29 is 0 Å². The molecule has 5 nitrogen and oxygen atoms in total. The quantitative estimate of drug-likeness (QED) is 0.689. The van der Waals surface area contributed by atoms with Gasteiger partial charge in [0.05, 0.1) is 10.7 Å². The van der Waals surface area contributed by atoms with Crippen molar-refractivity contribution in [2.75, 3.05) is 11.1 Å². The van der Waals surface area contributed by atoms with Crippen molar-refractivity contribution in [3.8, 4) is 11.3 Å². The standard InChI is InChI=1S/C16H16ClN5S/c1-9(19-15-7-14(17)21-16(18)22-15)11-3-5-12(6-4-11)13-8-23-10(2)20-13/h3-9H,1-2H3,(H3,18,19,21,22). The Bertz CT molecular complexity index is 795. The Hall–Kier alpha value is -2.18. The summed E-state index contributed by atoms with van der Waals surface area (Å²) in [7, 11) is 0. The molecular weight excluding hydrogens is 330 g/mol. The van der Waals surface area contributed by atoms with Gasteiger partial charge in [-0.05, 0) is 19.4 Å². The fourth-order valence-electron chi connectivity index (χ4n) is 2.25. The van der Waals surface area contributed by atoms with Crippen LogP contribution in [-0.4, -0.2) is 15.0 Å². The highest BCUT2D eigenvalue weighted by Crippen LogP contribution is 2.25. The molecule has 1 aromatic carbocycles. The number of nitrogen functional groups attached to an aromatic ring is 1. The summed E-state index contributed by atoms with van der Waals surface area (Å²) in [5, 5.41) is 6.73. The second-order valence-corrected chi connectivity index (χ2v) is 6.62. The Morgan fingerprint density at radius 2 is 1.91 bits per heavy atom. The lowest BCUT2D eigenvalue weighted by molar-refractivity contribution is 0.873. The number of nitrogens with zero attached hydrogens (tertiary/aromatic N) is 3. The number of thiazole rings is 1. The van der Waals surface area contributed by atoms with Gasteiger partial charge in [0, 0.05) is 23.1 Å². The summed E-state index contributed by atoms with van der Waals surface area (Å²) in [6.07, 6.45) is 0. The maximum absolute atomic E-state index is 5.89. The van der Waals surface area contributed by atoms with Gasteiger partial charge in [0.2, 0.25) is 5.95 Å². The second-order valence-electron chi connectivity index (χ2n) is 5.17. The van der Waals surface area contributed by atoms with E-state index in [1.807, 2.05) is 13.8 Å². The van der Waals surface area contributed by atoms with Gasteiger partial charge < -0.3 is 11.1 Å². The first kappa shape index (κ1) is 15.7. The molecule has 2 heterocycles. The number of anilines is 2. The van der Waals surface area contributed by atoms with Crippen molar-refractivity contribution in [2.24, 2.45) is 0 Å². The maximum Gasteiger partial charge on any atom is 0.223 e. The monoisotopic (exact) mass is 345 g/mol. The molecule has 1 atom stereocenters. The predicted molar refractivity (Wildman–Crippen MR) is 95.8 cm³/mol. The molecule has 0 fully saturated rings. The lowest BCUT2D eigenvalue weighted by Gasteiger charge is -2.15. The van der Waals surface area contributed by atoms with E-state index >= 15 is 0 Å². The Labute approximate surface area is 143 Å². The van der Waals surface area contributed by atoms with Crippen molar-refractivity contribution in [3.63, 3.8) is 0 Å². The molecule has 3 N–H and O–H groups in total. The largest absolute Gasteiger partial charge is 0.368 e. The smallest absolute Gasteiger partial charge is 0.223 e. The first-order valence-electron chi connectivity index (χ1n) is 7.10. The maximum atomic E-state index is 5.89.